The summed E-state index contributed by atoms with van der Waals surface area (Å²) in [5.74, 6) is 2.67. The fourth-order valence-electron chi connectivity index (χ4n) is 2.62. The predicted octanol–water partition coefficient (Wildman–Crippen LogP) is 3.77. The molecule has 0 amide bonds. The van der Waals surface area contributed by atoms with E-state index in [0.29, 0.717) is 30.0 Å². The molecule has 0 bridgehead atoms. The molecule has 0 fully saturated rings. The van der Waals surface area contributed by atoms with Crippen LogP contribution in [0.4, 0.5) is 0 Å². The zero-order chi connectivity index (χ0) is 15.9. The number of hydrogen-bond donors (Lipinski definition) is 0. The molecule has 2 aromatic rings. The van der Waals surface area contributed by atoms with Gasteiger partial charge in [0.2, 0.25) is 11.8 Å². The molecular weight excluding hydrogens is 274 g/mol. The van der Waals surface area contributed by atoms with Crippen molar-refractivity contribution < 1.29 is 4.42 Å². The molecule has 0 atom stereocenters. The highest BCUT2D eigenvalue weighted by Gasteiger charge is 2.14. The average Bonchev–Trinajstić information content (AvgIpc) is 2.85. The van der Waals surface area contributed by atoms with Gasteiger partial charge < -0.3 is 4.42 Å². The normalized spacial score (nSPS) is 11.8. The summed E-state index contributed by atoms with van der Waals surface area (Å²) in [6, 6.07) is 10.2. The second-order valence-corrected chi connectivity index (χ2v) is 6.73. The molecule has 0 unspecified atom stereocenters. The van der Waals surface area contributed by atoms with Gasteiger partial charge in [-0.3, -0.25) is 4.90 Å². The first-order valence-electron chi connectivity index (χ1n) is 8.10. The van der Waals surface area contributed by atoms with Gasteiger partial charge in [-0.15, -0.1) is 10.2 Å². The fraction of sp³-hybridized carbons (Fsp3) is 0.556. The molecule has 1 heterocycles. The highest BCUT2D eigenvalue weighted by atomic mass is 16.4. The topological polar surface area (TPSA) is 42.2 Å². The zero-order valence-electron chi connectivity index (χ0n) is 14.1. The first-order chi connectivity index (χ1) is 10.5. The van der Waals surface area contributed by atoms with E-state index in [1.165, 1.54) is 5.56 Å². The van der Waals surface area contributed by atoms with Crippen molar-refractivity contribution in [3.05, 3.63) is 47.7 Å². The highest BCUT2D eigenvalue weighted by molar-refractivity contribution is 5.17. The van der Waals surface area contributed by atoms with E-state index in [1.54, 1.807) is 0 Å². The van der Waals surface area contributed by atoms with Gasteiger partial charge in [-0.25, -0.2) is 0 Å². The summed E-state index contributed by atoms with van der Waals surface area (Å²) < 4.78 is 5.82. The molecule has 1 aromatic carbocycles. The monoisotopic (exact) mass is 301 g/mol. The molecule has 0 saturated heterocycles. The highest BCUT2D eigenvalue weighted by Crippen LogP contribution is 2.12. The van der Waals surface area contributed by atoms with Crippen molar-refractivity contribution in [3.8, 4) is 0 Å². The number of nitrogens with zero attached hydrogens (tertiary/aromatic N) is 3. The molecule has 2 rings (SSSR count). The van der Waals surface area contributed by atoms with E-state index in [4.69, 9.17) is 4.42 Å². The Morgan fingerprint density at radius 1 is 0.909 bits per heavy atom. The Bertz CT molecular complexity index is 538. The third kappa shape index (κ3) is 5.60. The molecule has 4 heteroatoms. The lowest BCUT2D eigenvalue weighted by Crippen LogP contribution is -2.31. The fourth-order valence-corrected chi connectivity index (χ4v) is 2.62. The van der Waals surface area contributed by atoms with Crippen LogP contribution in [-0.4, -0.2) is 28.2 Å². The number of aromatic nitrogens is 2. The van der Waals surface area contributed by atoms with Gasteiger partial charge in [-0.05, 0) is 17.4 Å². The standard InChI is InChI=1S/C18H27N3O/c1-14(2)11-21(12-15(3)4)13-18-20-19-17(22-18)10-16-8-6-5-7-9-16/h5-9,14-15H,10-13H2,1-4H3. The number of benzene rings is 1. The van der Waals surface area contributed by atoms with E-state index in [1.807, 2.05) is 18.2 Å². The summed E-state index contributed by atoms with van der Waals surface area (Å²) in [4.78, 5) is 2.40. The van der Waals surface area contributed by atoms with Crippen LogP contribution >= 0.6 is 0 Å². The van der Waals surface area contributed by atoms with Crippen LogP contribution in [-0.2, 0) is 13.0 Å². The first kappa shape index (κ1) is 16.7. The van der Waals surface area contributed by atoms with E-state index in [-0.39, 0.29) is 0 Å². The summed E-state index contributed by atoms with van der Waals surface area (Å²) in [5, 5.41) is 8.39. The van der Waals surface area contributed by atoms with Gasteiger partial charge in [0.1, 0.15) is 0 Å². The Hall–Kier alpha value is -1.68. The Balaban J connectivity index is 1.97. The van der Waals surface area contributed by atoms with Crippen molar-refractivity contribution in [3.63, 3.8) is 0 Å². The lowest BCUT2D eigenvalue weighted by Gasteiger charge is -2.24. The minimum absolute atomic E-state index is 0.630. The minimum atomic E-state index is 0.630. The molecule has 0 spiro atoms. The maximum Gasteiger partial charge on any atom is 0.230 e. The Labute approximate surface area is 133 Å². The molecule has 0 aliphatic rings. The van der Waals surface area contributed by atoms with Crippen molar-refractivity contribution in [1.29, 1.82) is 0 Å². The van der Waals surface area contributed by atoms with E-state index in [2.05, 4.69) is 54.9 Å². The predicted molar refractivity (Wildman–Crippen MR) is 88.5 cm³/mol. The maximum atomic E-state index is 5.82. The van der Waals surface area contributed by atoms with Crippen LogP contribution in [0.3, 0.4) is 0 Å². The third-order valence-electron chi connectivity index (χ3n) is 3.31. The molecule has 0 N–H and O–H groups in total. The van der Waals surface area contributed by atoms with E-state index < -0.39 is 0 Å². The van der Waals surface area contributed by atoms with E-state index in [0.717, 1.165) is 19.6 Å². The van der Waals surface area contributed by atoms with Gasteiger partial charge in [0, 0.05) is 13.1 Å². The Morgan fingerprint density at radius 3 is 2.09 bits per heavy atom. The molecule has 1 aromatic heterocycles. The van der Waals surface area contributed by atoms with Gasteiger partial charge in [-0.1, -0.05) is 58.0 Å². The Kier molecular flexibility index (Phi) is 6.13. The summed E-state index contributed by atoms with van der Waals surface area (Å²) in [6.07, 6.45) is 0.697. The van der Waals surface area contributed by atoms with Gasteiger partial charge in [0.25, 0.3) is 0 Å². The van der Waals surface area contributed by atoms with Crippen molar-refractivity contribution in [1.82, 2.24) is 15.1 Å². The van der Waals surface area contributed by atoms with Gasteiger partial charge >= 0.3 is 0 Å². The lowest BCUT2D eigenvalue weighted by atomic mass is 10.1. The molecule has 0 radical (unpaired) electrons. The summed E-state index contributed by atoms with van der Waals surface area (Å²) in [5.41, 5.74) is 1.19. The van der Waals surface area contributed by atoms with Crippen molar-refractivity contribution in [2.45, 2.75) is 40.7 Å². The summed E-state index contributed by atoms with van der Waals surface area (Å²) in [7, 11) is 0. The zero-order valence-corrected chi connectivity index (χ0v) is 14.1. The van der Waals surface area contributed by atoms with Crippen LogP contribution in [0.2, 0.25) is 0 Å². The maximum absolute atomic E-state index is 5.82. The molecule has 0 aliphatic heterocycles. The molecular formula is C18H27N3O. The van der Waals surface area contributed by atoms with Crippen LogP contribution in [0.5, 0.6) is 0 Å². The molecule has 22 heavy (non-hydrogen) atoms. The van der Waals surface area contributed by atoms with E-state index >= 15 is 0 Å². The van der Waals surface area contributed by atoms with Crippen LogP contribution in [0.25, 0.3) is 0 Å². The smallest absolute Gasteiger partial charge is 0.230 e. The SMILES string of the molecule is CC(C)CN(Cc1nnc(Cc2ccccc2)o1)CC(C)C. The van der Waals surface area contributed by atoms with Gasteiger partial charge in [-0.2, -0.15) is 0 Å². The molecule has 0 aliphatic carbocycles. The number of rotatable bonds is 8. The summed E-state index contributed by atoms with van der Waals surface area (Å²) >= 11 is 0. The third-order valence-corrected chi connectivity index (χ3v) is 3.31. The van der Waals surface area contributed by atoms with Crippen molar-refractivity contribution >= 4 is 0 Å². The van der Waals surface area contributed by atoms with Crippen LogP contribution < -0.4 is 0 Å². The summed E-state index contributed by atoms with van der Waals surface area (Å²) in [6.45, 7) is 11.8. The largest absolute Gasteiger partial charge is 0.424 e. The molecule has 0 saturated carbocycles. The Morgan fingerprint density at radius 2 is 1.50 bits per heavy atom. The van der Waals surface area contributed by atoms with Gasteiger partial charge in [0.05, 0.1) is 13.0 Å². The number of hydrogen-bond acceptors (Lipinski definition) is 4. The minimum Gasteiger partial charge on any atom is -0.424 e. The van der Waals surface area contributed by atoms with Crippen LogP contribution in [0.1, 0.15) is 45.0 Å². The average molecular weight is 301 g/mol. The first-order valence-corrected chi connectivity index (χ1v) is 8.10. The quantitative estimate of drug-likeness (QED) is 0.744. The second-order valence-electron chi connectivity index (χ2n) is 6.73. The molecule has 120 valence electrons. The molecule has 4 nitrogen and oxygen atoms in total. The van der Waals surface area contributed by atoms with E-state index in [9.17, 15) is 0 Å². The van der Waals surface area contributed by atoms with Crippen molar-refractivity contribution in [2.75, 3.05) is 13.1 Å². The van der Waals surface area contributed by atoms with Crippen LogP contribution in [0.15, 0.2) is 34.7 Å². The lowest BCUT2D eigenvalue weighted by molar-refractivity contribution is 0.192. The van der Waals surface area contributed by atoms with Gasteiger partial charge in [0.15, 0.2) is 0 Å². The second kappa shape index (κ2) is 8.08. The van der Waals surface area contributed by atoms with Crippen molar-refractivity contribution in [2.24, 2.45) is 11.8 Å². The van der Waals surface area contributed by atoms with Crippen LogP contribution in [0, 0.1) is 11.8 Å².